The van der Waals surface area contributed by atoms with E-state index >= 15 is 0 Å². The minimum Gasteiger partial charge on any atom is -0.497 e. The van der Waals surface area contributed by atoms with Gasteiger partial charge in [-0.2, -0.15) is 0 Å². The Labute approximate surface area is 178 Å². The number of primary amides is 1. The summed E-state index contributed by atoms with van der Waals surface area (Å²) in [6.45, 7) is 2.19. The zero-order chi connectivity index (χ0) is 21.1. The molecule has 0 aliphatic heterocycles. The van der Waals surface area contributed by atoms with E-state index in [0.717, 1.165) is 29.7 Å². The van der Waals surface area contributed by atoms with Gasteiger partial charge in [-0.3, -0.25) is 14.9 Å². The summed E-state index contributed by atoms with van der Waals surface area (Å²) in [6.07, 6.45) is 2.74. The van der Waals surface area contributed by atoms with E-state index in [9.17, 15) is 9.59 Å². The van der Waals surface area contributed by atoms with Crippen molar-refractivity contribution < 1.29 is 19.1 Å². The zero-order valence-electron chi connectivity index (χ0n) is 16.5. The molecule has 2 aromatic rings. The molecule has 4 N–H and O–H groups in total. The maximum absolute atomic E-state index is 12.6. The number of nitrogens with one attached hydrogen (secondary N) is 2. The Morgan fingerprint density at radius 1 is 1.28 bits per heavy atom. The summed E-state index contributed by atoms with van der Waals surface area (Å²) in [7, 11) is 3.00. The summed E-state index contributed by atoms with van der Waals surface area (Å²) < 4.78 is 10.4. The largest absolute Gasteiger partial charge is 0.497 e. The van der Waals surface area contributed by atoms with Crippen LogP contribution in [0.25, 0.3) is 0 Å². The van der Waals surface area contributed by atoms with Crippen molar-refractivity contribution in [2.75, 3.05) is 19.5 Å². The molecule has 7 nitrogen and oxygen atoms in total. The third-order valence-electron chi connectivity index (χ3n) is 4.87. The number of carbonyl (C=O) groups is 2. The number of rotatable bonds is 5. The SMILES string of the molecule is COc1ccc(C(=O)NC(=S)Nc2sc3c(c2C(N)=O)CCC(C)C3)c(OC)c1. The molecule has 0 saturated heterocycles. The number of hydrogen-bond acceptors (Lipinski definition) is 6. The Morgan fingerprint density at radius 3 is 2.69 bits per heavy atom. The van der Waals surface area contributed by atoms with Crippen molar-refractivity contribution >= 4 is 45.5 Å². The second-order valence-corrected chi connectivity index (χ2v) is 8.41. The smallest absolute Gasteiger partial charge is 0.261 e. The van der Waals surface area contributed by atoms with Crippen molar-refractivity contribution in [2.45, 2.75) is 26.2 Å². The quantitative estimate of drug-likeness (QED) is 0.626. The molecule has 0 spiro atoms. The second-order valence-electron chi connectivity index (χ2n) is 6.89. The average molecular weight is 434 g/mol. The van der Waals surface area contributed by atoms with Crippen LogP contribution in [0.5, 0.6) is 11.5 Å². The van der Waals surface area contributed by atoms with Gasteiger partial charge in [-0.1, -0.05) is 6.92 Å². The highest BCUT2D eigenvalue weighted by atomic mass is 32.1. The number of carbonyl (C=O) groups excluding carboxylic acids is 2. The van der Waals surface area contributed by atoms with Crippen LogP contribution in [-0.2, 0) is 12.8 Å². The van der Waals surface area contributed by atoms with Crippen LogP contribution in [0.4, 0.5) is 5.00 Å². The first-order valence-electron chi connectivity index (χ1n) is 9.12. The highest BCUT2D eigenvalue weighted by molar-refractivity contribution is 7.80. The summed E-state index contributed by atoms with van der Waals surface area (Å²) in [5.41, 5.74) is 7.39. The summed E-state index contributed by atoms with van der Waals surface area (Å²) in [6, 6.07) is 4.87. The fourth-order valence-corrected chi connectivity index (χ4v) is 5.07. The van der Waals surface area contributed by atoms with Crippen molar-refractivity contribution in [1.29, 1.82) is 0 Å². The summed E-state index contributed by atoms with van der Waals surface area (Å²) in [4.78, 5) is 25.8. The van der Waals surface area contributed by atoms with E-state index in [2.05, 4.69) is 17.6 Å². The Balaban J connectivity index is 1.78. The van der Waals surface area contributed by atoms with Crippen molar-refractivity contribution in [3.8, 4) is 11.5 Å². The molecule has 0 fully saturated rings. The Kier molecular flexibility index (Phi) is 6.39. The molecule has 0 bridgehead atoms. The van der Waals surface area contributed by atoms with Crippen LogP contribution in [0.15, 0.2) is 18.2 Å². The number of hydrogen-bond donors (Lipinski definition) is 3. The third-order valence-corrected chi connectivity index (χ3v) is 6.24. The molecule has 0 radical (unpaired) electrons. The lowest BCUT2D eigenvalue weighted by Crippen LogP contribution is -2.34. The molecule has 1 heterocycles. The highest BCUT2D eigenvalue weighted by Crippen LogP contribution is 2.39. The Hall–Kier alpha value is -2.65. The lowest BCUT2D eigenvalue weighted by Gasteiger charge is -2.18. The number of methoxy groups -OCH3 is 2. The van der Waals surface area contributed by atoms with E-state index < -0.39 is 11.8 Å². The number of fused-ring (bicyclic) bond motifs is 1. The van der Waals surface area contributed by atoms with Gasteiger partial charge < -0.3 is 20.5 Å². The van der Waals surface area contributed by atoms with Gasteiger partial charge in [0.25, 0.3) is 11.8 Å². The van der Waals surface area contributed by atoms with Gasteiger partial charge in [0.05, 0.1) is 25.3 Å². The van der Waals surface area contributed by atoms with E-state index in [4.69, 9.17) is 27.4 Å². The fraction of sp³-hybridized carbons (Fsp3) is 0.350. The first kappa shape index (κ1) is 21.1. The summed E-state index contributed by atoms with van der Waals surface area (Å²) >= 11 is 6.76. The molecule has 1 atom stereocenters. The lowest BCUT2D eigenvalue weighted by molar-refractivity contribution is 0.0972. The molecule has 9 heteroatoms. The molecule has 1 aliphatic rings. The van der Waals surface area contributed by atoms with Crippen LogP contribution in [0.3, 0.4) is 0 Å². The highest BCUT2D eigenvalue weighted by Gasteiger charge is 2.27. The average Bonchev–Trinajstić information content (AvgIpc) is 3.03. The molecule has 1 aromatic heterocycles. The van der Waals surface area contributed by atoms with Crippen molar-refractivity contribution in [3.63, 3.8) is 0 Å². The van der Waals surface area contributed by atoms with Gasteiger partial charge >= 0.3 is 0 Å². The second kappa shape index (κ2) is 8.79. The zero-order valence-corrected chi connectivity index (χ0v) is 18.1. The predicted molar refractivity (Wildman–Crippen MR) is 117 cm³/mol. The topological polar surface area (TPSA) is 103 Å². The number of amides is 2. The Bertz CT molecular complexity index is 971. The van der Waals surface area contributed by atoms with E-state index in [0.29, 0.717) is 33.5 Å². The minimum absolute atomic E-state index is 0.0852. The molecule has 154 valence electrons. The van der Waals surface area contributed by atoms with Crippen LogP contribution in [0.1, 0.15) is 44.5 Å². The van der Waals surface area contributed by atoms with E-state index in [1.54, 1.807) is 18.2 Å². The number of benzene rings is 1. The van der Waals surface area contributed by atoms with Crippen molar-refractivity contribution in [3.05, 3.63) is 39.8 Å². The van der Waals surface area contributed by atoms with Crippen LogP contribution in [0, 0.1) is 5.92 Å². The van der Waals surface area contributed by atoms with Gasteiger partial charge in [0.1, 0.15) is 16.5 Å². The summed E-state index contributed by atoms with van der Waals surface area (Å²) in [5, 5.41) is 6.26. The maximum Gasteiger partial charge on any atom is 0.261 e. The lowest BCUT2D eigenvalue weighted by atomic mass is 9.88. The molecule has 0 saturated carbocycles. The van der Waals surface area contributed by atoms with Crippen LogP contribution in [-0.4, -0.2) is 31.1 Å². The third kappa shape index (κ3) is 4.51. The van der Waals surface area contributed by atoms with Crippen molar-refractivity contribution in [1.82, 2.24) is 5.32 Å². The normalized spacial score (nSPS) is 15.2. The van der Waals surface area contributed by atoms with Gasteiger partial charge in [-0.25, -0.2) is 0 Å². The molecule has 29 heavy (non-hydrogen) atoms. The fourth-order valence-electron chi connectivity index (χ4n) is 3.39. The van der Waals surface area contributed by atoms with Gasteiger partial charge in [0, 0.05) is 10.9 Å². The molecular formula is C20H23N3O4S2. The minimum atomic E-state index is -0.495. The van der Waals surface area contributed by atoms with Gasteiger partial charge in [-0.15, -0.1) is 11.3 Å². The maximum atomic E-state index is 12.6. The van der Waals surface area contributed by atoms with E-state index in [1.165, 1.54) is 25.6 Å². The van der Waals surface area contributed by atoms with Crippen LogP contribution in [0.2, 0.25) is 0 Å². The Morgan fingerprint density at radius 2 is 2.03 bits per heavy atom. The number of ether oxygens (including phenoxy) is 2. The van der Waals surface area contributed by atoms with Crippen LogP contribution >= 0.6 is 23.6 Å². The molecule has 1 aromatic carbocycles. The van der Waals surface area contributed by atoms with E-state index in [-0.39, 0.29) is 5.11 Å². The molecule has 3 rings (SSSR count). The summed E-state index contributed by atoms with van der Waals surface area (Å²) in [5.74, 6) is 0.568. The van der Waals surface area contributed by atoms with E-state index in [1.807, 2.05) is 0 Å². The number of thiocarbonyl (C=S) groups is 1. The van der Waals surface area contributed by atoms with Crippen LogP contribution < -0.4 is 25.8 Å². The number of thiophene rings is 1. The molecule has 1 aliphatic carbocycles. The molecule has 1 unspecified atom stereocenters. The molecular weight excluding hydrogens is 410 g/mol. The molecule has 2 amide bonds. The van der Waals surface area contributed by atoms with Gasteiger partial charge in [0.2, 0.25) is 0 Å². The van der Waals surface area contributed by atoms with Crippen molar-refractivity contribution in [2.24, 2.45) is 11.7 Å². The first-order valence-corrected chi connectivity index (χ1v) is 10.3. The number of nitrogens with two attached hydrogens (primary N) is 1. The first-order chi connectivity index (χ1) is 13.8. The standard InChI is InChI=1S/C20H23N3O4S2/c1-10-4-6-13-15(8-10)29-19(16(13)17(21)24)23-20(28)22-18(25)12-7-5-11(26-2)9-14(12)27-3/h5,7,9-10H,4,6,8H2,1-3H3,(H2,21,24)(H2,22,23,25,28). The van der Waals surface area contributed by atoms with Gasteiger partial charge in [-0.05, 0) is 55.1 Å². The van der Waals surface area contributed by atoms with Gasteiger partial charge in [0.15, 0.2) is 5.11 Å². The monoisotopic (exact) mass is 433 g/mol. The number of anilines is 1. The predicted octanol–water partition coefficient (Wildman–Crippen LogP) is 3.12.